The fourth-order valence-corrected chi connectivity index (χ4v) is 2.13. The third kappa shape index (κ3) is 5.20. The summed E-state index contributed by atoms with van der Waals surface area (Å²) in [7, 11) is 0. The quantitative estimate of drug-likeness (QED) is 0.494. The number of guanidine groups is 1. The Bertz CT molecular complexity index is 347. The van der Waals surface area contributed by atoms with E-state index in [0.717, 1.165) is 30.2 Å². The van der Waals surface area contributed by atoms with Crippen LogP contribution in [0.5, 0.6) is 0 Å². The monoisotopic (exact) mass is 368 g/mol. The Morgan fingerprint density at radius 3 is 2.53 bits per heavy atom. The van der Waals surface area contributed by atoms with Gasteiger partial charge in [-0.05, 0) is 20.3 Å². The summed E-state index contributed by atoms with van der Waals surface area (Å²) in [4.78, 5) is 10.8. The maximum atomic E-state index is 5.88. The summed E-state index contributed by atoms with van der Waals surface area (Å²) >= 11 is 1.69. The van der Waals surface area contributed by atoms with Crippen LogP contribution in [0.3, 0.4) is 0 Å². The third-order valence-corrected chi connectivity index (χ3v) is 3.43. The number of rotatable bonds is 5. The lowest BCUT2D eigenvalue weighted by atomic mass is 10.4. The highest BCUT2D eigenvalue weighted by atomic mass is 127. The van der Waals surface area contributed by atoms with Crippen LogP contribution >= 0.6 is 35.3 Å². The molecule has 0 atom stereocenters. The molecule has 98 valence electrons. The number of nitrogens with zero attached hydrogens (tertiary/aromatic N) is 3. The number of halogens is 1. The second-order valence-corrected chi connectivity index (χ2v) is 4.38. The molecular weight excluding hydrogens is 347 g/mol. The number of aromatic nitrogens is 1. The zero-order valence-electron chi connectivity index (χ0n) is 10.6. The molecule has 1 heterocycles. The zero-order chi connectivity index (χ0) is 12.0. The molecule has 0 saturated heterocycles. The maximum absolute atomic E-state index is 5.88. The van der Waals surface area contributed by atoms with E-state index >= 15 is 0 Å². The summed E-state index contributed by atoms with van der Waals surface area (Å²) < 4.78 is 0. The highest BCUT2D eigenvalue weighted by molar-refractivity contribution is 14.0. The predicted octanol–water partition coefficient (Wildman–Crippen LogP) is 2.48. The normalized spacial score (nSPS) is 11.1. The van der Waals surface area contributed by atoms with Gasteiger partial charge in [-0.1, -0.05) is 6.92 Å². The minimum atomic E-state index is 0. The van der Waals surface area contributed by atoms with Crippen molar-refractivity contribution in [3.8, 4) is 0 Å². The number of nitrogens with two attached hydrogens (primary N) is 1. The first-order valence-corrected chi connectivity index (χ1v) is 6.57. The van der Waals surface area contributed by atoms with Gasteiger partial charge in [0.2, 0.25) is 0 Å². The third-order valence-electron chi connectivity index (χ3n) is 2.39. The van der Waals surface area contributed by atoms with E-state index in [9.17, 15) is 0 Å². The molecule has 17 heavy (non-hydrogen) atoms. The van der Waals surface area contributed by atoms with Gasteiger partial charge in [0.05, 0.1) is 17.2 Å². The maximum Gasteiger partial charge on any atom is 0.191 e. The van der Waals surface area contributed by atoms with Gasteiger partial charge in [0.25, 0.3) is 0 Å². The lowest BCUT2D eigenvalue weighted by Gasteiger charge is -2.19. The van der Waals surface area contributed by atoms with Gasteiger partial charge in [-0.15, -0.1) is 35.3 Å². The molecule has 1 aromatic heterocycles. The minimum Gasteiger partial charge on any atom is -0.370 e. The lowest BCUT2D eigenvalue weighted by Crippen LogP contribution is -2.37. The Kier molecular flexibility index (Phi) is 8.49. The first-order chi connectivity index (χ1) is 7.71. The molecule has 0 aliphatic rings. The van der Waals surface area contributed by atoms with Crippen LogP contribution in [0.2, 0.25) is 0 Å². The molecule has 6 heteroatoms. The molecule has 0 saturated carbocycles. The summed E-state index contributed by atoms with van der Waals surface area (Å²) in [5, 5.41) is 3.21. The number of hydrogen-bond acceptors (Lipinski definition) is 3. The van der Waals surface area contributed by atoms with Crippen molar-refractivity contribution in [3.63, 3.8) is 0 Å². The van der Waals surface area contributed by atoms with Gasteiger partial charge >= 0.3 is 0 Å². The summed E-state index contributed by atoms with van der Waals surface area (Å²) in [5.74, 6) is 0.607. The van der Waals surface area contributed by atoms with Gasteiger partial charge in [0.1, 0.15) is 0 Å². The van der Waals surface area contributed by atoms with Crippen molar-refractivity contribution in [3.05, 3.63) is 16.1 Å². The Hall–Kier alpha value is -0.370. The highest BCUT2D eigenvalue weighted by Gasteiger charge is 2.03. The van der Waals surface area contributed by atoms with E-state index in [1.807, 2.05) is 4.90 Å². The largest absolute Gasteiger partial charge is 0.370 e. The fourth-order valence-electron chi connectivity index (χ4n) is 1.39. The van der Waals surface area contributed by atoms with E-state index in [0.29, 0.717) is 12.5 Å². The molecular formula is C11H21IN4S. The Morgan fingerprint density at radius 2 is 2.06 bits per heavy atom. The second-order valence-electron chi connectivity index (χ2n) is 3.43. The standard InChI is InChI=1S/C11H20N4S.HI/c1-4-10-14-9(8-16-10)7-13-11(12)15(5-2)6-3;/h8H,4-7H2,1-3H3,(H2,12,13);1H. The molecule has 0 amide bonds. The first kappa shape index (κ1) is 16.6. The summed E-state index contributed by atoms with van der Waals surface area (Å²) in [6.45, 7) is 8.62. The molecule has 1 rings (SSSR count). The zero-order valence-corrected chi connectivity index (χ0v) is 13.8. The molecule has 1 aromatic rings. The number of hydrogen-bond donors (Lipinski definition) is 1. The van der Waals surface area contributed by atoms with Crippen LogP contribution in [0.1, 0.15) is 31.5 Å². The van der Waals surface area contributed by atoms with Crippen molar-refractivity contribution in [2.45, 2.75) is 33.7 Å². The lowest BCUT2D eigenvalue weighted by molar-refractivity contribution is 0.458. The van der Waals surface area contributed by atoms with Gasteiger partial charge in [-0.25, -0.2) is 9.98 Å². The smallest absolute Gasteiger partial charge is 0.191 e. The average Bonchev–Trinajstić information content (AvgIpc) is 2.76. The van der Waals surface area contributed by atoms with E-state index < -0.39 is 0 Å². The van der Waals surface area contributed by atoms with E-state index in [-0.39, 0.29) is 24.0 Å². The van der Waals surface area contributed by atoms with Crippen LogP contribution in [-0.2, 0) is 13.0 Å². The van der Waals surface area contributed by atoms with Crippen LogP contribution in [0.4, 0.5) is 0 Å². The summed E-state index contributed by atoms with van der Waals surface area (Å²) in [6.07, 6.45) is 0.986. The Labute approximate surface area is 124 Å². The summed E-state index contributed by atoms with van der Waals surface area (Å²) in [6, 6.07) is 0. The van der Waals surface area contributed by atoms with Gasteiger partial charge in [0, 0.05) is 18.5 Å². The van der Waals surface area contributed by atoms with Crippen LogP contribution in [0.15, 0.2) is 10.4 Å². The van der Waals surface area contributed by atoms with E-state index in [2.05, 4.69) is 36.1 Å². The van der Waals surface area contributed by atoms with Gasteiger partial charge < -0.3 is 10.6 Å². The second kappa shape index (κ2) is 8.68. The molecule has 0 spiro atoms. The van der Waals surface area contributed by atoms with Crippen LogP contribution in [0.25, 0.3) is 0 Å². The Morgan fingerprint density at radius 1 is 1.41 bits per heavy atom. The van der Waals surface area contributed by atoms with Crippen molar-refractivity contribution in [1.29, 1.82) is 0 Å². The molecule has 0 bridgehead atoms. The van der Waals surface area contributed by atoms with Crippen molar-refractivity contribution in [1.82, 2.24) is 9.88 Å². The SMILES string of the molecule is CCc1nc(CN=C(N)N(CC)CC)cs1.I. The van der Waals surface area contributed by atoms with Crippen LogP contribution in [0, 0.1) is 0 Å². The van der Waals surface area contributed by atoms with E-state index in [1.54, 1.807) is 11.3 Å². The van der Waals surface area contributed by atoms with Crippen molar-refractivity contribution >= 4 is 41.3 Å². The number of aliphatic imine (C=N–C) groups is 1. The van der Waals surface area contributed by atoms with Crippen LogP contribution in [-0.4, -0.2) is 28.9 Å². The van der Waals surface area contributed by atoms with E-state index in [4.69, 9.17) is 5.73 Å². The van der Waals surface area contributed by atoms with Crippen molar-refractivity contribution in [2.75, 3.05) is 13.1 Å². The molecule has 0 aliphatic heterocycles. The Balaban J connectivity index is 0.00000256. The van der Waals surface area contributed by atoms with Gasteiger partial charge in [0.15, 0.2) is 5.96 Å². The molecule has 0 aromatic carbocycles. The van der Waals surface area contributed by atoms with Gasteiger partial charge in [-0.3, -0.25) is 0 Å². The fraction of sp³-hybridized carbons (Fsp3) is 0.636. The highest BCUT2D eigenvalue weighted by Crippen LogP contribution is 2.10. The topological polar surface area (TPSA) is 54.5 Å². The molecule has 0 unspecified atom stereocenters. The number of aryl methyl sites for hydroxylation is 1. The number of thiazole rings is 1. The van der Waals surface area contributed by atoms with Crippen molar-refractivity contribution in [2.24, 2.45) is 10.7 Å². The van der Waals surface area contributed by atoms with E-state index in [1.165, 1.54) is 0 Å². The van der Waals surface area contributed by atoms with Crippen molar-refractivity contribution < 1.29 is 0 Å². The molecule has 2 N–H and O–H groups in total. The molecule has 0 aliphatic carbocycles. The molecule has 0 fully saturated rings. The first-order valence-electron chi connectivity index (χ1n) is 5.69. The predicted molar refractivity (Wildman–Crippen MR) is 85.2 cm³/mol. The van der Waals surface area contributed by atoms with Crippen LogP contribution < -0.4 is 5.73 Å². The van der Waals surface area contributed by atoms with Gasteiger partial charge in [-0.2, -0.15) is 0 Å². The molecule has 4 nitrogen and oxygen atoms in total. The summed E-state index contributed by atoms with van der Waals surface area (Å²) in [5.41, 5.74) is 6.89. The minimum absolute atomic E-state index is 0. The molecule has 0 radical (unpaired) electrons. The average molecular weight is 368 g/mol.